The number of nitrogens with zero attached hydrogens (tertiary/aromatic N) is 1. The first-order chi connectivity index (χ1) is 20.2. The molecule has 0 saturated carbocycles. The van der Waals surface area contributed by atoms with Crippen molar-refractivity contribution in [2.24, 2.45) is 11.8 Å². The van der Waals surface area contributed by atoms with Crippen LogP contribution in [0.25, 0.3) is 0 Å². The summed E-state index contributed by atoms with van der Waals surface area (Å²) < 4.78 is 0. The Balaban J connectivity index is 1.36. The second-order valence-electron chi connectivity index (χ2n) is 11.2. The summed E-state index contributed by atoms with van der Waals surface area (Å²) in [5.74, 6) is -3.50. The average Bonchev–Trinajstić information content (AvgIpc) is 3.27. The molecular formula is C34H25Cl3N2O3. The number of aryl methyl sites for hydroxylation is 1. The number of imide groups is 1. The number of benzene rings is 4. The number of amides is 3. The van der Waals surface area contributed by atoms with Crippen LogP contribution in [0.2, 0.25) is 5.02 Å². The summed E-state index contributed by atoms with van der Waals surface area (Å²) in [6, 6.07) is 28.3. The Morgan fingerprint density at radius 1 is 0.786 bits per heavy atom. The molecule has 4 aromatic rings. The van der Waals surface area contributed by atoms with E-state index in [2.05, 4.69) is 5.32 Å². The van der Waals surface area contributed by atoms with Gasteiger partial charge in [0.25, 0.3) is 0 Å². The summed E-state index contributed by atoms with van der Waals surface area (Å²) in [6.07, 6.45) is 0.119. The monoisotopic (exact) mass is 614 g/mol. The smallest absolute Gasteiger partial charge is 0.248 e. The molecule has 0 aromatic heterocycles. The number of hydrogen-bond acceptors (Lipinski definition) is 3. The number of halogens is 3. The number of rotatable bonds is 5. The Labute approximate surface area is 258 Å². The summed E-state index contributed by atoms with van der Waals surface area (Å²) in [7, 11) is 0. The van der Waals surface area contributed by atoms with Gasteiger partial charge in [0.2, 0.25) is 17.7 Å². The van der Waals surface area contributed by atoms with Crippen LogP contribution < -0.4 is 5.32 Å². The van der Waals surface area contributed by atoms with Gasteiger partial charge < -0.3 is 5.32 Å². The number of likely N-dealkylation sites (tertiary alicyclic amines) is 1. The number of carbonyl (C=O) groups is 3. The maximum absolute atomic E-state index is 14.6. The Bertz CT molecular complexity index is 1670. The average molecular weight is 616 g/mol. The van der Waals surface area contributed by atoms with Crippen molar-refractivity contribution in [3.8, 4) is 0 Å². The van der Waals surface area contributed by atoms with Gasteiger partial charge in [-0.15, -0.1) is 23.2 Å². The number of carbonyl (C=O) groups excluding carboxylic acids is 3. The van der Waals surface area contributed by atoms with Gasteiger partial charge in [0.15, 0.2) is 0 Å². The zero-order valence-corrected chi connectivity index (χ0v) is 24.8. The minimum atomic E-state index is -1.33. The van der Waals surface area contributed by atoms with E-state index in [0.717, 1.165) is 16.0 Å². The number of hydrogen-bond donors (Lipinski definition) is 1. The van der Waals surface area contributed by atoms with Crippen molar-refractivity contribution in [1.29, 1.82) is 0 Å². The van der Waals surface area contributed by atoms with Gasteiger partial charge in [-0.2, -0.15) is 0 Å². The molecule has 1 heterocycles. The quantitative estimate of drug-likeness (QED) is 0.199. The van der Waals surface area contributed by atoms with Crippen molar-refractivity contribution >= 4 is 58.2 Å². The van der Waals surface area contributed by atoms with Gasteiger partial charge >= 0.3 is 0 Å². The molecule has 5 nitrogen and oxygen atoms in total. The summed E-state index contributed by atoms with van der Waals surface area (Å²) in [4.78, 5) is 41.6. The molecular weight excluding hydrogens is 591 g/mol. The lowest BCUT2D eigenvalue weighted by molar-refractivity contribution is -0.146. The minimum absolute atomic E-state index is 0.119. The van der Waals surface area contributed by atoms with Crippen molar-refractivity contribution in [3.63, 3.8) is 0 Å². The molecule has 1 N–H and O–H groups in total. The number of alkyl halides is 2. The van der Waals surface area contributed by atoms with E-state index >= 15 is 0 Å². The van der Waals surface area contributed by atoms with Gasteiger partial charge in [-0.05, 0) is 52.4 Å². The standard InChI is InChI=1S/C34H25Cl3N2O3/c1-19-15-16-21(18-26(19)35)38-30(40)27(17-20-9-3-2-4-10-20)39-31(41)28-29(32(39)42)34(37)23-12-6-5-11-22(23)33(28,36)24-13-7-8-14-25(24)34/h2-16,18,27-29H,17H2,1H3,(H,38,40)/t27-,28-,29-,33?,34?/m0/s1. The third-order valence-electron chi connectivity index (χ3n) is 8.94. The molecule has 3 amide bonds. The molecule has 8 heteroatoms. The second-order valence-corrected chi connectivity index (χ2v) is 12.8. The van der Waals surface area contributed by atoms with Crippen LogP contribution in [0.15, 0.2) is 97.1 Å². The van der Waals surface area contributed by atoms with Crippen molar-refractivity contribution in [2.45, 2.75) is 29.1 Å². The normalized spacial score (nSPS) is 26.0. The van der Waals surface area contributed by atoms with Crippen molar-refractivity contribution in [2.75, 3.05) is 5.32 Å². The summed E-state index contributed by atoms with van der Waals surface area (Å²) in [5, 5.41) is 3.38. The van der Waals surface area contributed by atoms with E-state index in [-0.39, 0.29) is 6.42 Å². The van der Waals surface area contributed by atoms with Gasteiger partial charge in [-0.1, -0.05) is 96.5 Å². The molecule has 4 aliphatic rings. The topological polar surface area (TPSA) is 66.5 Å². The lowest BCUT2D eigenvalue weighted by Crippen LogP contribution is -2.57. The first-order valence-electron chi connectivity index (χ1n) is 13.7. The third-order valence-corrected chi connectivity index (χ3v) is 10.6. The Hall–Kier alpha value is -3.64. The van der Waals surface area contributed by atoms with Crippen LogP contribution in [0.5, 0.6) is 0 Å². The Morgan fingerprint density at radius 3 is 1.74 bits per heavy atom. The second kappa shape index (κ2) is 9.70. The number of anilines is 1. The van der Waals surface area contributed by atoms with Gasteiger partial charge in [0, 0.05) is 17.1 Å². The molecule has 1 fully saturated rings. The van der Waals surface area contributed by atoms with Gasteiger partial charge in [-0.3, -0.25) is 19.3 Å². The van der Waals surface area contributed by atoms with E-state index < -0.39 is 45.3 Å². The molecule has 2 bridgehead atoms. The van der Waals surface area contributed by atoms with Crippen LogP contribution in [-0.2, 0) is 30.6 Å². The van der Waals surface area contributed by atoms with Crippen molar-refractivity contribution in [3.05, 3.63) is 135 Å². The Morgan fingerprint density at radius 2 is 1.26 bits per heavy atom. The molecule has 1 saturated heterocycles. The molecule has 0 spiro atoms. The fourth-order valence-corrected chi connectivity index (χ4v) is 8.31. The molecule has 3 atom stereocenters. The van der Waals surface area contributed by atoms with E-state index in [1.807, 2.05) is 85.8 Å². The van der Waals surface area contributed by atoms with Crippen molar-refractivity contribution in [1.82, 2.24) is 4.90 Å². The lowest BCUT2D eigenvalue weighted by Gasteiger charge is -2.54. The van der Waals surface area contributed by atoms with E-state index in [1.54, 1.807) is 18.2 Å². The highest BCUT2D eigenvalue weighted by Crippen LogP contribution is 2.69. The maximum atomic E-state index is 14.6. The third kappa shape index (κ3) is 3.67. The summed E-state index contributed by atoms with van der Waals surface area (Å²) >= 11 is 21.5. The van der Waals surface area contributed by atoms with E-state index in [1.165, 1.54) is 0 Å². The van der Waals surface area contributed by atoms with Gasteiger partial charge in [0.1, 0.15) is 15.8 Å². The van der Waals surface area contributed by atoms with Crippen LogP contribution in [0, 0.1) is 18.8 Å². The molecule has 1 aliphatic heterocycles. The highest BCUT2D eigenvalue weighted by atomic mass is 35.5. The van der Waals surface area contributed by atoms with Crippen LogP contribution >= 0.6 is 34.8 Å². The van der Waals surface area contributed by atoms with Crippen LogP contribution in [-0.4, -0.2) is 28.7 Å². The van der Waals surface area contributed by atoms with E-state index in [4.69, 9.17) is 34.8 Å². The molecule has 42 heavy (non-hydrogen) atoms. The molecule has 3 aliphatic carbocycles. The first kappa shape index (κ1) is 27.2. The highest BCUT2D eigenvalue weighted by molar-refractivity contribution is 6.36. The first-order valence-corrected chi connectivity index (χ1v) is 14.9. The highest BCUT2D eigenvalue weighted by Gasteiger charge is 2.73. The SMILES string of the molecule is Cc1ccc(NC(=O)[C@H](Cc2ccccc2)N2C(=O)[C@@H]3[C@@H](C2=O)C2(Cl)c4ccccc4C3(Cl)c3ccccc32)cc1Cl. The fraction of sp³-hybridized carbons (Fsp3) is 0.206. The van der Waals surface area contributed by atoms with Gasteiger partial charge in [0.05, 0.1) is 11.8 Å². The van der Waals surface area contributed by atoms with E-state index in [9.17, 15) is 14.4 Å². The minimum Gasteiger partial charge on any atom is -0.324 e. The number of nitrogens with one attached hydrogen (secondary N) is 1. The van der Waals surface area contributed by atoms with Crippen LogP contribution in [0.4, 0.5) is 5.69 Å². The Kier molecular flexibility index (Phi) is 6.28. The molecule has 0 radical (unpaired) electrons. The lowest BCUT2D eigenvalue weighted by atomic mass is 9.54. The fourth-order valence-electron chi connectivity index (χ4n) is 7.03. The van der Waals surface area contributed by atoms with E-state index in [0.29, 0.717) is 33.0 Å². The summed E-state index contributed by atoms with van der Waals surface area (Å²) in [6.45, 7) is 1.86. The van der Waals surface area contributed by atoms with Crippen LogP contribution in [0.3, 0.4) is 0 Å². The molecule has 4 aromatic carbocycles. The van der Waals surface area contributed by atoms with Crippen molar-refractivity contribution < 1.29 is 14.4 Å². The molecule has 210 valence electrons. The summed E-state index contributed by atoms with van der Waals surface area (Å²) in [5.41, 5.74) is 4.97. The predicted octanol–water partition coefficient (Wildman–Crippen LogP) is 6.79. The molecule has 8 rings (SSSR count). The predicted molar refractivity (Wildman–Crippen MR) is 164 cm³/mol. The zero-order chi connectivity index (χ0) is 29.4. The largest absolute Gasteiger partial charge is 0.324 e. The molecule has 0 unspecified atom stereocenters. The van der Waals surface area contributed by atoms with Crippen LogP contribution in [0.1, 0.15) is 33.4 Å². The zero-order valence-electron chi connectivity index (χ0n) is 22.5. The van der Waals surface area contributed by atoms with Gasteiger partial charge in [-0.25, -0.2) is 0 Å². The maximum Gasteiger partial charge on any atom is 0.248 e.